The molecule has 0 amide bonds. The molecule has 136 valence electrons. The summed E-state index contributed by atoms with van der Waals surface area (Å²) in [7, 11) is -1.89. The van der Waals surface area contributed by atoms with Crippen LogP contribution in [0, 0.1) is 17.3 Å². The molecule has 4 heteroatoms. The predicted molar refractivity (Wildman–Crippen MR) is 99.3 cm³/mol. The predicted octanol–water partition coefficient (Wildman–Crippen LogP) is 5.08. The number of hydrogen-bond acceptors (Lipinski definition) is 3. The fourth-order valence-corrected chi connectivity index (χ4v) is 11.8. The normalized spacial score (nSPS) is 35.7. The van der Waals surface area contributed by atoms with Crippen molar-refractivity contribution in [1.29, 1.82) is 0 Å². The van der Waals surface area contributed by atoms with Crippen LogP contribution in [0.2, 0.25) is 16.6 Å². The van der Waals surface area contributed by atoms with Gasteiger partial charge < -0.3 is 9.16 Å². The Labute approximate surface area is 148 Å². The first-order valence-corrected chi connectivity index (χ1v) is 11.9. The molecule has 0 N–H and O–H groups in total. The van der Waals surface area contributed by atoms with E-state index in [-0.39, 0.29) is 23.4 Å². The van der Waals surface area contributed by atoms with Crippen molar-refractivity contribution in [2.24, 2.45) is 17.3 Å². The van der Waals surface area contributed by atoms with E-state index >= 15 is 0 Å². The molecule has 3 aliphatic rings. The van der Waals surface area contributed by atoms with Crippen molar-refractivity contribution in [2.75, 3.05) is 6.61 Å². The van der Waals surface area contributed by atoms with Gasteiger partial charge in [0, 0.05) is 11.3 Å². The molecule has 1 saturated carbocycles. The first-order valence-electron chi connectivity index (χ1n) is 9.76. The number of allylic oxidation sites excluding steroid dienone is 1. The Morgan fingerprint density at radius 2 is 1.79 bits per heavy atom. The molecule has 1 heterocycles. The molecule has 0 unspecified atom stereocenters. The van der Waals surface area contributed by atoms with E-state index in [1.165, 1.54) is 0 Å². The van der Waals surface area contributed by atoms with Crippen molar-refractivity contribution < 1.29 is 14.0 Å². The third-order valence-corrected chi connectivity index (χ3v) is 13.3. The average Bonchev–Trinajstić information content (AvgIpc) is 3.03. The molecule has 24 heavy (non-hydrogen) atoms. The lowest BCUT2D eigenvalue weighted by atomic mass is 9.66. The molecule has 0 bridgehead atoms. The van der Waals surface area contributed by atoms with Crippen LogP contribution in [0.25, 0.3) is 0 Å². The van der Waals surface area contributed by atoms with E-state index in [9.17, 15) is 4.79 Å². The first-order chi connectivity index (χ1) is 11.3. The monoisotopic (exact) mass is 350 g/mol. The minimum atomic E-state index is -1.89. The number of carbonyl (C=O) groups excluding carboxylic acids is 1. The molecule has 3 nitrogen and oxygen atoms in total. The van der Waals surface area contributed by atoms with Crippen molar-refractivity contribution in [3.05, 3.63) is 12.2 Å². The van der Waals surface area contributed by atoms with Crippen LogP contribution in [0.3, 0.4) is 0 Å². The summed E-state index contributed by atoms with van der Waals surface area (Å²) >= 11 is 0. The van der Waals surface area contributed by atoms with Gasteiger partial charge in [0.25, 0.3) is 0 Å². The minimum absolute atomic E-state index is 0.0155. The SMILES string of the molecule is CC(C)[Si](O[C@H]1CC[C@]23COC(=O)[C@H]2CC=C[C@H]13)(C(C)C)C(C)C. The van der Waals surface area contributed by atoms with Crippen molar-refractivity contribution in [3.8, 4) is 0 Å². The summed E-state index contributed by atoms with van der Waals surface area (Å²) in [6, 6.07) is 0. The smallest absolute Gasteiger partial charge is 0.309 e. The van der Waals surface area contributed by atoms with E-state index in [4.69, 9.17) is 9.16 Å². The standard InChI is InChI=1S/C20H34O3Si/c1-13(2)24(14(3)4,15(5)6)23-18-10-11-20-12-22-19(21)17(20)9-7-8-16(18)20/h7-8,13-18H,9-12H2,1-6H3/t16-,17-,18+,20-/m1/s1. The van der Waals surface area contributed by atoms with Gasteiger partial charge in [-0.15, -0.1) is 0 Å². The van der Waals surface area contributed by atoms with Crippen LogP contribution < -0.4 is 0 Å². The number of ether oxygens (including phenoxy) is 1. The molecule has 1 aliphatic heterocycles. The molecular formula is C20H34O3Si. The number of rotatable bonds is 5. The highest BCUT2D eigenvalue weighted by Gasteiger charge is 2.61. The maximum absolute atomic E-state index is 12.2. The van der Waals surface area contributed by atoms with Crippen molar-refractivity contribution in [3.63, 3.8) is 0 Å². The van der Waals surface area contributed by atoms with E-state index in [0.29, 0.717) is 29.1 Å². The van der Waals surface area contributed by atoms with Crippen LogP contribution in [0.5, 0.6) is 0 Å². The van der Waals surface area contributed by atoms with Crippen molar-refractivity contribution in [1.82, 2.24) is 0 Å². The molecular weight excluding hydrogens is 316 g/mol. The second kappa shape index (κ2) is 6.28. The van der Waals surface area contributed by atoms with Gasteiger partial charge in [-0.1, -0.05) is 53.7 Å². The molecule has 2 fully saturated rings. The highest BCUT2D eigenvalue weighted by atomic mass is 28.4. The first kappa shape index (κ1) is 18.2. The molecule has 0 aromatic heterocycles. The molecule has 4 atom stereocenters. The minimum Gasteiger partial charge on any atom is -0.465 e. The maximum atomic E-state index is 12.2. The Morgan fingerprint density at radius 3 is 2.38 bits per heavy atom. The summed E-state index contributed by atoms with van der Waals surface area (Å²) in [5.41, 5.74) is 1.80. The molecule has 2 aliphatic carbocycles. The van der Waals surface area contributed by atoms with Gasteiger partial charge in [0.2, 0.25) is 8.32 Å². The van der Waals surface area contributed by atoms with Gasteiger partial charge >= 0.3 is 5.97 Å². The third kappa shape index (κ3) is 2.44. The molecule has 0 aromatic rings. The van der Waals surface area contributed by atoms with E-state index in [2.05, 4.69) is 53.7 Å². The lowest BCUT2D eigenvalue weighted by Gasteiger charge is -2.46. The molecule has 1 saturated heterocycles. The third-order valence-electron chi connectivity index (χ3n) is 7.20. The van der Waals surface area contributed by atoms with Crippen LogP contribution >= 0.6 is 0 Å². The second-order valence-corrected chi connectivity index (χ2v) is 14.5. The van der Waals surface area contributed by atoms with Crippen LogP contribution in [-0.2, 0) is 14.0 Å². The van der Waals surface area contributed by atoms with Crippen LogP contribution in [0.15, 0.2) is 12.2 Å². The number of hydrogen-bond donors (Lipinski definition) is 0. The summed E-state index contributed by atoms with van der Waals surface area (Å²) in [5, 5.41) is 0. The van der Waals surface area contributed by atoms with Crippen LogP contribution in [0.4, 0.5) is 0 Å². The topological polar surface area (TPSA) is 35.5 Å². The zero-order chi connectivity index (χ0) is 17.7. The van der Waals surface area contributed by atoms with Gasteiger partial charge in [-0.25, -0.2) is 0 Å². The van der Waals surface area contributed by atoms with Gasteiger partial charge in [-0.2, -0.15) is 0 Å². The van der Waals surface area contributed by atoms with Gasteiger partial charge in [-0.3, -0.25) is 4.79 Å². The van der Waals surface area contributed by atoms with Gasteiger partial charge in [0.1, 0.15) is 0 Å². The largest absolute Gasteiger partial charge is 0.465 e. The number of cyclic esters (lactones) is 1. The maximum Gasteiger partial charge on any atom is 0.309 e. The highest BCUT2D eigenvalue weighted by Crippen LogP contribution is 2.58. The lowest BCUT2D eigenvalue weighted by molar-refractivity contribution is -0.141. The average molecular weight is 351 g/mol. The molecule has 0 aromatic carbocycles. The highest BCUT2D eigenvalue weighted by molar-refractivity contribution is 6.77. The number of esters is 1. The Morgan fingerprint density at radius 1 is 1.17 bits per heavy atom. The number of carbonyl (C=O) groups is 1. The van der Waals surface area contributed by atoms with Gasteiger partial charge in [0.05, 0.1) is 18.6 Å². The zero-order valence-corrected chi connectivity index (χ0v) is 17.2. The van der Waals surface area contributed by atoms with Crippen molar-refractivity contribution >= 4 is 14.3 Å². The Hall–Kier alpha value is -0.613. The lowest BCUT2D eigenvalue weighted by Crippen LogP contribution is -2.52. The Bertz CT molecular complexity index is 503. The Kier molecular flexibility index (Phi) is 4.76. The van der Waals surface area contributed by atoms with Gasteiger partial charge in [-0.05, 0) is 35.9 Å². The van der Waals surface area contributed by atoms with Gasteiger partial charge in [0.15, 0.2) is 0 Å². The quantitative estimate of drug-likeness (QED) is 0.394. The fraction of sp³-hybridized carbons (Fsp3) is 0.850. The summed E-state index contributed by atoms with van der Waals surface area (Å²) in [5.74, 6) is 0.435. The summed E-state index contributed by atoms with van der Waals surface area (Å²) in [4.78, 5) is 12.2. The van der Waals surface area contributed by atoms with Crippen LogP contribution in [-0.4, -0.2) is 27.0 Å². The van der Waals surface area contributed by atoms with Crippen molar-refractivity contribution in [2.45, 2.75) is 83.5 Å². The fourth-order valence-electron chi connectivity index (χ4n) is 6.15. The summed E-state index contributed by atoms with van der Waals surface area (Å²) in [6.45, 7) is 14.7. The summed E-state index contributed by atoms with van der Waals surface area (Å²) < 4.78 is 12.6. The molecule has 1 spiro atoms. The van der Waals surface area contributed by atoms with E-state index in [1.54, 1.807) is 0 Å². The Balaban J connectivity index is 1.90. The van der Waals surface area contributed by atoms with E-state index in [1.807, 2.05) is 0 Å². The van der Waals surface area contributed by atoms with E-state index in [0.717, 1.165) is 19.3 Å². The molecule has 3 rings (SSSR count). The molecule has 0 radical (unpaired) electrons. The zero-order valence-electron chi connectivity index (χ0n) is 16.2. The van der Waals surface area contributed by atoms with Crippen LogP contribution in [0.1, 0.15) is 60.8 Å². The van der Waals surface area contributed by atoms with E-state index < -0.39 is 8.32 Å². The second-order valence-electron chi connectivity index (χ2n) is 9.10. The summed E-state index contributed by atoms with van der Waals surface area (Å²) in [6.07, 6.45) is 7.80.